The van der Waals surface area contributed by atoms with Gasteiger partial charge in [0, 0.05) is 47.1 Å². The van der Waals surface area contributed by atoms with Crippen LogP contribution in [0.3, 0.4) is 0 Å². The summed E-state index contributed by atoms with van der Waals surface area (Å²) in [4.78, 5) is 110. The zero-order valence-corrected chi connectivity index (χ0v) is 44.8. The van der Waals surface area contributed by atoms with E-state index in [1.807, 2.05) is 44.4 Å². The number of amides is 7. The topological polar surface area (TPSA) is 280 Å². The number of aliphatic imine (C=N–C) groups is 1. The molecule has 0 radical (unpaired) electrons. The fraction of sp³-hybridized carbons (Fsp3) is 0.431. The van der Waals surface area contributed by atoms with Gasteiger partial charge in [-0.3, -0.25) is 43.1 Å². The van der Waals surface area contributed by atoms with Gasteiger partial charge in [-0.15, -0.1) is 32.9 Å². The number of aryl methyl sites for hydroxylation is 3. The van der Waals surface area contributed by atoms with Gasteiger partial charge in [-0.25, -0.2) is 4.98 Å². The fourth-order valence-electron chi connectivity index (χ4n) is 9.12. The number of rotatable bonds is 7. The lowest BCUT2D eigenvalue weighted by Crippen LogP contribution is -2.58. The maximum Gasteiger partial charge on any atom is 0.247 e. The Bertz CT molecular complexity index is 3040. The van der Waals surface area contributed by atoms with E-state index in [4.69, 9.17) is 21.3 Å². The first kappa shape index (κ1) is 54.3. The molecule has 5 aromatic rings. The van der Waals surface area contributed by atoms with Crippen LogP contribution in [-0.4, -0.2) is 140 Å². The predicted molar refractivity (Wildman–Crippen MR) is 280 cm³/mol. The highest BCUT2D eigenvalue weighted by Gasteiger charge is 2.45. The van der Waals surface area contributed by atoms with Crippen molar-refractivity contribution in [2.24, 2.45) is 10.4 Å². The number of fused-ring (bicyclic) bond motifs is 4. The number of aromatic nitrogens is 4. The molecule has 0 unspecified atom stereocenters. The van der Waals surface area contributed by atoms with Crippen molar-refractivity contribution in [1.82, 2.24) is 56.5 Å². The third-order valence-corrected chi connectivity index (χ3v) is 15.6. The number of hydrogen-bond acceptors (Lipinski definition) is 15. The van der Waals surface area contributed by atoms with Gasteiger partial charge in [0.25, 0.3) is 0 Å². The minimum atomic E-state index is -1.42. The summed E-state index contributed by atoms with van der Waals surface area (Å²) in [5.74, 6) is -3.90. The molecule has 6 atom stereocenters. The highest BCUT2D eigenvalue weighted by Crippen LogP contribution is 2.40. The summed E-state index contributed by atoms with van der Waals surface area (Å²) in [6.07, 6.45) is -1.47. The number of halogens is 1. The largest absolute Gasteiger partial charge is 0.391 e. The summed E-state index contributed by atoms with van der Waals surface area (Å²) in [6.45, 7) is 10.9. The van der Waals surface area contributed by atoms with Gasteiger partial charge in [0.05, 0.1) is 47.5 Å². The van der Waals surface area contributed by atoms with Crippen LogP contribution < -0.4 is 31.9 Å². The Morgan fingerprint density at radius 1 is 0.893 bits per heavy atom. The molecule has 0 bridgehead atoms. The Kier molecular flexibility index (Phi) is 16.6. The first-order valence-corrected chi connectivity index (χ1v) is 26.4. The molecule has 7 amide bonds. The van der Waals surface area contributed by atoms with E-state index < -0.39 is 103 Å². The highest BCUT2D eigenvalue weighted by atomic mass is 35.5. The van der Waals surface area contributed by atoms with Crippen molar-refractivity contribution in [3.8, 4) is 15.4 Å². The number of carbonyl (C=O) groups excluding carboxylic acids is 7. The van der Waals surface area contributed by atoms with Crippen molar-refractivity contribution < 1.29 is 43.4 Å². The molecule has 24 heteroatoms. The molecule has 0 saturated carbocycles. The fourth-order valence-corrected chi connectivity index (χ4v) is 11.3. The number of aliphatic hydroxyl groups excluding tert-OH is 1. The van der Waals surface area contributed by atoms with Crippen LogP contribution in [0.15, 0.2) is 59.0 Å². The Balaban J connectivity index is 1.04. The molecule has 396 valence electrons. The van der Waals surface area contributed by atoms with E-state index in [-0.39, 0.29) is 32.5 Å². The van der Waals surface area contributed by atoms with Crippen molar-refractivity contribution in [2.75, 3.05) is 39.4 Å². The van der Waals surface area contributed by atoms with E-state index >= 15 is 0 Å². The number of nitrogens with one attached hydrogen (secondary N) is 6. The van der Waals surface area contributed by atoms with Crippen LogP contribution in [0.5, 0.6) is 0 Å². The van der Waals surface area contributed by atoms with Gasteiger partial charge in [0.2, 0.25) is 41.4 Å². The maximum absolute atomic E-state index is 14.3. The third-order valence-electron chi connectivity index (χ3n) is 13.2. The SMILES string of the molecule is Cc1ncsc1-c1ccc([C@@H]2NC(=O)[C@@H]3C[C@@H](O)CN3C(=O)[C@H](C(C)(C)C)NC(=O)COCCNC(=O)[C@@H](CNC(=O)C[C@@H]3N=C(c4ccc(Cl)cc4)c4c(sc(C)c4C)-n4c(C)nnc43)NC(=O)CNC2=O)cc1. The molecule has 2 fully saturated rings. The van der Waals surface area contributed by atoms with Crippen LogP contribution in [-0.2, 0) is 38.3 Å². The molecule has 2 saturated heterocycles. The van der Waals surface area contributed by atoms with Gasteiger partial charge in [0.1, 0.15) is 47.6 Å². The Labute approximate surface area is 445 Å². The summed E-state index contributed by atoms with van der Waals surface area (Å²) < 4.78 is 7.47. The van der Waals surface area contributed by atoms with Gasteiger partial charge in [-0.05, 0) is 61.9 Å². The maximum atomic E-state index is 14.3. The van der Waals surface area contributed by atoms with Gasteiger partial charge >= 0.3 is 0 Å². The number of thiazole rings is 1. The number of benzene rings is 2. The Morgan fingerprint density at radius 3 is 2.31 bits per heavy atom. The quantitative estimate of drug-likeness (QED) is 0.124. The third kappa shape index (κ3) is 12.3. The lowest BCUT2D eigenvalue weighted by atomic mass is 9.85. The van der Waals surface area contributed by atoms with Crippen molar-refractivity contribution >= 4 is 81.3 Å². The summed E-state index contributed by atoms with van der Waals surface area (Å²) in [5.41, 5.74) is 6.08. The van der Waals surface area contributed by atoms with E-state index in [0.29, 0.717) is 27.9 Å². The molecular weight excluding hydrogens is 1020 g/mol. The van der Waals surface area contributed by atoms with Crippen LogP contribution >= 0.6 is 34.3 Å². The molecule has 8 rings (SSSR count). The Morgan fingerprint density at radius 2 is 1.61 bits per heavy atom. The second-order valence-corrected chi connectivity index (χ2v) is 22.2. The van der Waals surface area contributed by atoms with Crippen LogP contribution in [0, 0.1) is 33.1 Å². The summed E-state index contributed by atoms with van der Waals surface area (Å²) in [6, 6.07) is 8.02. The molecule has 6 heterocycles. The lowest BCUT2D eigenvalue weighted by molar-refractivity contribution is -0.145. The average molecular weight is 1080 g/mol. The zero-order valence-electron chi connectivity index (χ0n) is 42.4. The molecule has 3 aromatic heterocycles. The molecule has 0 aliphatic carbocycles. The van der Waals surface area contributed by atoms with Gasteiger partial charge in [-0.1, -0.05) is 68.8 Å². The minimum absolute atomic E-state index is 0.128. The van der Waals surface area contributed by atoms with Gasteiger partial charge in [-0.2, -0.15) is 0 Å². The first-order chi connectivity index (χ1) is 35.7. The zero-order chi connectivity index (χ0) is 53.9. The number of hydrogen-bond donors (Lipinski definition) is 7. The monoisotopic (exact) mass is 1080 g/mol. The number of nitrogens with zero attached hydrogens (tertiary/aromatic N) is 6. The first-order valence-electron chi connectivity index (χ1n) is 24.3. The van der Waals surface area contributed by atoms with E-state index in [0.717, 1.165) is 42.7 Å². The molecule has 3 aliphatic heterocycles. The summed E-state index contributed by atoms with van der Waals surface area (Å²) >= 11 is 9.28. The number of aliphatic hydroxyl groups is 1. The van der Waals surface area contributed by atoms with Crippen molar-refractivity contribution in [2.45, 2.75) is 97.6 Å². The number of thiophene rings is 1. The lowest BCUT2D eigenvalue weighted by Gasteiger charge is -2.35. The van der Waals surface area contributed by atoms with Crippen LogP contribution in [0.2, 0.25) is 5.02 Å². The molecule has 3 aliphatic rings. The van der Waals surface area contributed by atoms with Crippen molar-refractivity contribution in [3.63, 3.8) is 0 Å². The molecule has 2 aromatic carbocycles. The van der Waals surface area contributed by atoms with Crippen LogP contribution in [0.25, 0.3) is 15.4 Å². The van der Waals surface area contributed by atoms with Gasteiger partial charge < -0.3 is 46.6 Å². The average Bonchev–Trinajstić information content (AvgIpc) is 4.14. The minimum Gasteiger partial charge on any atom is -0.391 e. The Hall–Kier alpha value is -6.92. The second-order valence-electron chi connectivity index (χ2n) is 19.7. The van der Waals surface area contributed by atoms with E-state index in [1.54, 1.807) is 74.0 Å². The molecule has 0 spiro atoms. The summed E-state index contributed by atoms with van der Waals surface area (Å²) in [7, 11) is 0. The molecule has 75 heavy (non-hydrogen) atoms. The van der Waals surface area contributed by atoms with E-state index in [1.165, 1.54) is 16.2 Å². The smallest absolute Gasteiger partial charge is 0.247 e. The second kappa shape index (κ2) is 22.9. The van der Waals surface area contributed by atoms with Crippen LogP contribution in [0.4, 0.5) is 0 Å². The highest BCUT2D eigenvalue weighted by molar-refractivity contribution is 7.15. The number of ether oxygens (including phenoxy) is 1. The molecular formula is C51H59ClN12O9S2. The van der Waals surface area contributed by atoms with E-state index in [2.05, 4.69) is 47.1 Å². The van der Waals surface area contributed by atoms with Gasteiger partial charge in [0.15, 0.2) is 5.82 Å². The molecule has 21 nitrogen and oxygen atoms in total. The van der Waals surface area contributed by atoms with Crippen molar-refractivity contribution in [3.05, 3.63) is 104 Å². The standard InChI is InChI=1S/C51H59ClN12O9S2/c1-25-27(3)75-50-40(25)41(29-12-14-32(52)15-13-29)58-34(45-62-61-28(4)64(45)50)19-37(66)54-20-35-46(69)53-16-17-73-23-39(68)59-44(51(5,6)7)49(72)63-22-33(65)18-36(63)47(70)60-42(48(71)55-21-38(67)57-35)30-8-10-31(11-9-30)43-26(2)56-24-74-43/h8-15,24,33-36,42,44,65H,16-23H2,1-7H3,(H,53,69)(H,54,66)(H,55,71)(H,57,67)(H,59,68)(H,60,70)/t33-,34+,35-,36+,42+,44-/m1/s1. The predicted octanol–water partition coefficient (Wildman–Crippen LogP) is 2.84. The van der Waals surface area contributed by atoms with E-state index in [9.17, 15) is 38.7 Å². The number of carbonyl (C=O) groups is 7. The van der Waals surface area contributed by atoms with Crippen molar-refractivity contribution in [1.29, 1.82) is 0 Å². The summed E-state index contributed by atoms with van der Waals surface area (Å²) in [5, 5.41) is 37.1. The normalized spacial score (nSPS) is 22.5. The molecule has 7 N–H and O–H groups in total. The van der Waals surface area contributed by atoms with Crippen LogP contribution in [0.1, 0.15) is 90.2 Å².